The highest BCUT2D eigenvalue weighted by molar-refractivity contribution is 5.84. The molecule has 5 heteroatoms. The Morgan fingerprint density at radius 1 is 1.24 bits per heavy atom. The molecule has 17 heavy (non-hydrogen) atoms. The van der Waals surface area contributed by atoms with Gasteiger partial charge in [-0.3, -0.25) is 9.59 Å². The number of amides is 2. The molecular weight excluding hydrogens is 218 g/mol. The van der Waals surface area contributed by atoms with Crippen molar-refractivity contribution in [1.29, 1.82) is 0 Å². The maximum Gasteiger partial charge on any atom is 0.237 e. The molecule has 0 aliphatic heterocycles. The van der Waals surface area contributed by atoms with Gasteiger partial charge in [-0.05, 0) is 19.3 Å². The van der Waals surface area contributed by atoms with Crippen LogP contribution in [0.25, 0.3) is 0 Å². The van der Waals surface area contributed by atoms with Crippen LogP contribution in [0, 0.1) is 5.41 Å². The summed E-state index contributed by atoms with van der Waals surface area (Å²) in [7, 11) is 0. The van der Waals surface area contributed by atoms with Crippen molar-refractivity contribution < 1.29 is 9.59 Å². The van der Waals surface area contributed by atoms with E-state index in [1.807, 2.05) is 34.6 Å². The van der Waals surface area contributed by atoms with E-state index in [1.165, 1.54) is 4.90 Å². The van der Waals surface area contributed by atoms with Gasteiger partial charge < -0.3 is 16.4 Å². The van der Waals surface area contributed by atoms with Gasteiger partial charge in [-0.15, -0.1) is 0 Å². The van der Waals surface area contributed by atoms with Crippen molar-refractivity contribution in [2.45, 2.75) is 53.1 Å². The number of hydrogen-bond acceptors (Lipinski definition) is 3. The number of carbonyl (C=O) groups excluding carboxylic acids is 2. The summed E-state index contributed by atoms with van der Waals surface area (Å²) in [4.78, 5) is 24.4. The van der Waals surface area contributed by atoms with E-state index in [9.17, 15) is 9.59 Å². The number of primary amides is 1. The van der Waals surface area contributed by atoms with Crippen LogP contribution in [-0.4, -0.2) is 35.3 Å². The first-order chi connectivity index (χ1) is 7.55. The molecule has 0 heterocycles. The summed E-state index contributed by atoms with van der Waals surface area (Å²) in [6.45, 7) is 9.61. The van der Waals surface area contributed by atoms with Crippen LogP contribution < -0.4 is 11.5 Å². The zero-order valence-corrected chi connectivity index (χ0v) is 11.5. The van der Waals surface area contributed by atoms with Crippen molar-refractivity contribution in [1.82, 2.24) is 4.90 Å². The molecule has 0 aliphatic rings. The van der Waals surface area contributed by atoms with Crippen LogP contribution in [0.5, 0.6) is 0 Å². The Balaban J connectivity index is 4.59. The molecule has 0 aromatic heterocycles. The van der Waals surface area contributed by atoms with E-state index >= 15 is 0 Å². The second-order valence-electron chi connectivity index (χ2n) is 5.76. The third kappa shape index (κ3) is 5.68. The minimum atomic E-state index is -0.503. The first kappa shape index (κ1) is 15.9. The fourth-order valence-corrected chi connectivity index (χ4v) is 1.34. The van der Waals surface area contributed by atoms with Crippen LogP contribution in [0.2, 0.25) is 0 Å². The molecular formula is C12H25N3O2. The van der Waals surface area contributed by atoms with Gasteiger partial charge in [-0.1, -0.05) is 20.8 Å². The van der Waals surface area contributed by atoms with Gasteiger partial charge in [0.15, 0.2) is 0 Å². The van der Waals surface area contributed by atoms with Crippen molar-refractivity contribution in [3.05, 3.63) is 0 Å². The molecule has 0 aromatic carbocycles. The van der Waals surface area contributed by atoms with E-state index < -0.39 is 5.91 Å². The summed E-state index contributed by atoms with van der Waals surface area (Å²) in [5.74, 6) is -0.627. The fraction of sp³-hybridized carbons (Fsp3) is 0.833. The van der Waals surface area contributed by atoms with E-state index in [0.717, 1.165) is 0 Å². The molecule has 0 saturated carbocycles. The molecule has 0 aliphatic carbocycles. The predicted octanol–water partition coefficient (Wildman–Crippen LogP) is 0.472. The minimum Gasteiger partial charge on any atom is -0.368 e. The number of carbonyl (C=O) groups is 2. The summed E-state index contributed by atoms with van der Waals surface area (Å²) < 4.78 is 0. The number of rotatable bonds is 5. The summed E-state index contributed by atoms with van der Waals surface area (Å²) in [6.07, 6.45) is 0.231. The number of nitrogens with zero attached hydrogens (tertiary/aromatic N) is 1. The molecule has 1 atom stereocenters. The molecule has 100 valence electrons. The fourth-order valence-electron chi connectivity index (χ4n) is 1.34. The lowest BCUT2D eigenvalue weighted by atomic mass is 9.85. The molecule has 0 bridgehead atoms. The molecule has 0 aromatic rings. The quantitative estimate of drug-likeness (QED) is 0.735. The topological polar surface area (TPSA) is 89.4 Å². The first-order valence-electron chi connectivity index (χ1n) is 5.89. The summed E-state index contributed by atoms with van der Waals surface area (Å²) in [5, 5.41) is 0. The van der Waals surface area contributed by atoms with Gasteiger partial charge in [0.2, 0.25) is 11.8 Å². The molecule has 0 saturated heterocycles. The number of hydrogen-bond donors (Lipinski definition) is 2. The van der Waals surface area contributed by atoms with Gasteiger partial charge in [0, 0.05) is 18.5 Å². The standard InChI is InChI=1S/C12H25N3O2/c1-8(2)15(7-10(14)16)11(17)6-9(13)12(3,4)5/h8-9H,6-7,13H2,1-5H3,(H2,14,16). The van der Waals surface area contributed by atoms with Crippen LogP contribution in [0.1, 0.15) is 41.0 Å². The van der Waals surface area contributed by atoms with Gasteiger partial charge in [0.1, 0.15) is 0 Å². The van der Waals surface area contributed by atoms with Crippen LogP contribution in [0.4, 0.5) is 0 Å². The van der Waals surface area contributed by atoms with Crippen molar-refractivity contribution in [3.8, 4) is 0 Å². The van der Waals surface area contributed by atoms with E-state index in [0.29, 0.717) is 0 Å². The lowest BCUT2D eigenvalue weighted by Crippen LogP contribution is -2.46. The van der Waals surface area contributed by atoms with E-state index in [-0.39, 0.29) is 36.4 Å². The second kappa shape index (κ2) is 6.00. The molecule has 0 radical (unpaired) electrons. The third-order valence-electron chi connectivity index (χ3n) is 2.78. The average Bonchev–Trinajstić information content (AvgIpc) is 2.11. The Kier molecular flexibility index (Phi) is 5.61. The van der Waals surface area contributed by atoms with Crippen molar-refractivity contribution in [2.24, 2.45) is 16.9 Å². The highest BCUT2D eigenvalue weighted by atomic mass is 16.2. The zero-order chi connectivity index (χ0) is 13.8. The van der Waals surface area contributed by atoms with Crippen LogP contribution >= 0.6 is 0 Å². The average molecular weight is 243 g/mol. The predicted molar refractivity (Wildman–Crippen MR) is 68.1 cm³/mol. The highest BCUT2D eigenvalue weighted by Crippen LogP contribution is 2.20. The Hall–Kier alpha value is -1.10. The lowest BCUT2D eigenvalue weighted by Gasteiger charge is -2.31. The largest absolute Gasteiger partial charge is 0.368 e. The third-order valence-corrected chi connectivity index (χ3v) is 2.78. The summed E-state index contributed by atoms with van der Waals surface area (Å²) in [6, 6.07) is -0.286. The van der Waals surface area contributed by atoms with E-state index in [1.54, 1.807) is 0 Å². The molecule has 2 amide bonds. The van der Waals surface area contributed by atoms with Crippen molar-refractivity contribution in [2.75, 3.05) is 6.54 Å². The molecule has 5 nitrogen and oxygen atoms in total. The van der Waals surface area contributed by atoms with Gasteiger partial charge in [0.25, 0.3) is 0 Å². The van der Waals surface area contributed by atoms with Crippen molar-refractivity contribution in [3.63, 3.8) is 0 Å². The minimum absolute atomic E-state index is 0.0483. The molecule has 0 fully saturated rings. The van der Waals surface area contributed by atoms with Crippen molar-refractivity contribution >= 4 is 11.8 Å². The maximum atomic E-state index is 12.0. The molecule has 1 unspecified atom stereocenters. The molecule has 4 N–H and O–H groups in total. The van der Waals surface area contributed by atoms with Gasteiger partial charge in [-0.25, -0.2) is 0 Å². The molecule has 0 spiro atoms. The highest BCUT2D eigenvalue weighted by Gasteiger charge is 2.27. The SMILES string of the molecule is CC(C)N(CC(N)=O)C(=O)CC(N)C(C)(C)C. The smallest absolute Gasteiger partial charge is 0.237 e. The van der Waals surface area contributed by atoms with Crippen LogP contribution in [0.15, 0.2) is 0 Å². The van der Waals surface area contributed by atoms with Crippen LogP contribution in [-0.2, 0) is 9.59 Å². The monoisotopic (exact) mass is 243 g/mol. The Morgan fingerprint density at radius 2 is 1.71 bits per heavy atom. The Labute approximate surface area is 104 Å². The van der Waals surface area contributed by atoms with Gasteiger partial charge >= 0.3 is 0 Å². The normalized spacial score (nSPS) is 13.6. The summed E-state index contributed by atoms with van der Waals surface area (Å²) >= 11 is 0. The number of nitrogens with two attached hydrogens (primary N) is 2. The Bertz CT molecular complexity index is 282. The van der Waals surface area contributed by atoms with E-state index in [2.05, 4.69) is 0 Å². The summed E-state index contributed by atoms with van der Waals surface area (Å²) in [5.41, 5.74) is 10.9. The lowest BCUT2D eigenvalue weighted by molar-refractivity contribution is -0.137. The van der Waals surface area contributed by atoms with Crippen LogP contribution in [0.3, 0.4) is 0 Å². The first-order valence-corrected chi connectivity index (χ1v) is 5.89. The van der Waals surface area contributed by atoms with E-state index in [4.69, 9.17) is 11.5 Å². The maximum absolute atomic E-state index is 12.0. The molecule has 0 rings (SSSR count). The Morgan fingerprint density at radius 3 is 2.00 bits per heavy atom. The zero-order valence-electron chi connectivity index (χ0n) is 11.5. The van der Waals surface area contributed by atoms with Gasteiger partial charge in [-0.2, -0.15) is 0 Å². The van der Waals surface area contributed by atoms with Gasteiger partial charge in [0.05, 0.1) is 6.54 Å². The second-order valence-corrected chi connectivity index (χ2v) is 5.76.